The van der Waals surface area contributed by atoms with Gasteiger partial charge in [0, 0.05) is 31.4 Å². The zero-order valence-corrected chi connectivity index (χ0v) is 15.0. The predicted octanol–water partition coefficient (Wildman–Crippen LogP) is 3.74. The molecule has 5 nitrogen and oxygen atoms in total. The van der Waals surface area contributed by atoms with E-state index in [0.717, 1.165) is 22.4 Å². The van der Waals surface area contributed by atoms with E-state index in [1.807, 2.05) is 71.4 Å². The Bertz CT molecular complexity index is 913. The Morgan fingerprint density at radius 3 is 2.22 bits per heavy atom. The van der Waals surface area contributed by atoms with Crippen molar-refractivity contribution in [1.82, 2.24) is 4.57 Å². The van der Waals surface area contributed by atoms with Crippen molar-refractivity contribution in [3.63, 3.8) is 0 Å². The first-order valence-corrected chi connectivity index (χ1v) is 9.12. The van der Waals surface area contributed by atoms with Gasteiger partial charge in [0.2, 0.25) is 0 Å². The largest absolute Gasteiger partial charge is 0.477 e. The standard InChI is InChI=1S/C22H22N2O3/c25-22(26)21-20(23-11-13-27-14-12-23)19(18-9-5-2-6-10-18)16-24(21)15-17-7-3-1-4-8-17/h1-10,16H,11-15H2,(H,25,26). The summed E-state index contributed by atoms with van der Waals surface area (Å²) in [5, 5.41) is 10.0. The van der Waals surface area contributed by atoms with Crippen LogP contribution in [0.4, 0.5) is 5.69 Å². The van der Waals surface area contributed by atoms with Gasteiger partial charge in [-0.3, -0.25) is 0 Å². The summed E-state index contributed by atoms with van der Waals surface area (Å²) in [4.78, 5) is 14.4. The molecule has 0 spiro atoms. The highest BCUT2D eigenvalue weighted by Gasteiger charge is 2.27. The first-order chi connectivity index (χ1) is 13.2. The van der Waals surface area contributed by atoms with E-state index in [1.54, 1.807) is 0 Å². The summed E-state index contributed by atoms with van der Waals surface area (Å²) in [6.45, 7) is 3.12. The number of aromatic nitrogens is 1. The summed E-state index contributed by atoms with van der Waals surface area (Å²) in [5.41, 5.74) is 4.16. The molecule has 2 aromatic carbocycles. The number of hydrogen-bond donors (Lipinski definition) is 1. The van der Waals surface area contributed by atoms with Gasteiger partial charge in [0.25, 0.3) is 0 Å². The number of nitrogens with zero attached hydrogens (tertiary/aromatic N) is 2. The fourth-order valence-electron chi connectivity index (χ4n) is 3.61. The third-order valence-corrected chi connectivity index (χ3v) is 4.86. The molecule has 2 heterocycles. The lowest BCUT2D eigenvalue weighted by Crippen LogP contribution is -2.37. The van der Waals surface area contributed by atoms with Gasteiger partial charge in [0.15, 0.2) is 5.69 Å². The molecule has 27 heavy (non-hydrogen) atoms. The third-order valence-electron chi connectivity index (χ3n) is 4.86. The Labute approximate surface area is 158 Å². The highest BCUT2D eigenvalue weighted by Crippen LogP contribution is 2.37. The molecule has 138 valence electrons. The highest BCUT2D eigenvalue weighted by molar-refractivity contribution is 5.99. The summed E-state index contributed by atoms with van der Waals surface area (Å²) in [6, 6.07) is 19.9. The van der Waals surface area contributed by atoms with Gasteiger partial charge < -0.3 is 19.3 Å². The van der Waals surface area contributed by atoms with Crippen LogP contribution in [-0.4, -0.2) is 41.9 Å². The van der Waals surface area contributed by atoms with Gasteiger partial charge in [-0.1, -0.05) is 60.7 Å². The quantitative estimate of drug-likeness (QED) is 0.751. The summed E-state index contributed by atoms with van der Waals surface area (Å²) in [6.07, 6.45) is 1.97. The fraction of sp³-hybridized carbons (Fsp3) is 0.227. The fourth-order valence-corrected chi connectivity index (χ4v) is 3.61. The Hall–Kier alpha value is -3.05. The zero-order valence-electron chi connectivity index (χ0n) is 15.0. The monoisotopic (exact) mass is 362 g/mol. The molecule has 0 aliphatic carbocycles. The molecule has 1 saturated heterocycles. The molecule has 3 aromatic rings. The van der Waals surface area contributed by atoms with Crippen LogP contribution in [0.25, 0.3) is 11.1 Å². The van der Waals surface area contributed by atoms with Crippen molar-refractivity contribution in [2.24, 2.45) is 0 Å². The van der Waals surface area contributed by atoms with E-state index in [1.165, 1.54) is 0 Å². The second kappa shape index (κ2) is 7.68. The normalized spacial score (nSPS) is 14.3. The number of rotatable bonds is 5. The molecule has 1 N–H and O–H groups in total. The van der Waals surface area contributed by atoms with E-state index in [9.17, 15) is 9.90 Å². The number of anilines is 1. The van der Waals surface area contributed by atoms with Gasteiger partial charge in [0.1, 0.15) is 0 Å². The van der Waals surface area contributed by atoms with Crippen molar-refractivity contribution in [1.29, 1.82) is 0 Å². The van der Waals surface area contributed by atoms with Crippen LogP contribution in [0.5, 0.6) is 0 Å². The minimum Gasteiger partial charge on any atom is -0.477 e. The van der Waals surface area contributed by atoms with E-state index < -0.39 is 5.97 Å². The first-order valence-electron chi connectivity index (χ1n) is 9.12. The highest BCUT2D eigenvalue weighted by atomic mass is 16.5. The molecule has 4 rings (SSSR count). The number of ether oxygens (including phenoxy) is 1. The van der Waals surface area contributed by atoms with Crippen LogP contribution in [0.3, 0.4) is 0 Å². The van der Waals surface area contributed by atoms with Gasteiger partial charge >= 0.3 is 5.97 Å². The van der Waals surface area contributed by atoms with Crippen molar-refractivity contribution < 1.29 is 14.6 Å². The number of carbonyl (C=O) groups is 1. The van der Waals surface area contributed by atoms with Crippen LogP contribution < -0.4 is 4.90 Å². The molecular formula is C22H22N2O3. The molecule has 0 unspecified atom stereocenters. The SMILES string of the molecule is O=C(O)c1c(N2CCOCC2)c(-c2ccccc2)cn1Cc1ccccc1. The Kier molecular flexibility index (Phi) is 4.94. The molecule has 0 saturated carbocycles. The zero-order chi connectivity index (χ0) is 18.6. The molecule has 1 fully saturated rings. The molecule has 0 amide bonds. The third kappa shape index (κ3) is 3.59. The van der Waals surface area contributed by atoms with Gasteiger partial charge in [0.05, 0.1) is 18.9 Å². The molecule has 1 aliphatic rings. The topological polar surface area (TPSA) is 54.7 Å². The van der Waals surface area contributed by atoms with E-state index in [0.29, 0.717) is 38.5 Å². The summed E-state index contributed by atoms with van der Waals surface area (Å²) >= 11 is 0. The van der Waals surface area contributed by atoms with E-state index >= 15 is 0 Å². The summed E-state index contributed by atoms with van der Waals surface area (Å²) in [7, 11) is 0. The van der Waals surface area contributed by atoms with Gasteiger partial charge in [-0.25, -0.2) is 4.79 Å². The predicted molar refractivity (Wildman–Crippen MR) is 105 cm³/mol. The second-order valence-electron chi connectivity index (χ2n) is 6.62. The molecule has 1 aromatic heterocycles. The lowest BCUT2D eigenvalue weighted by atomic mass is 10.1. The smallest absolute Gasteiger partial charge is 0.354 e. The minimum atomic E-state index is -0.908. The average Bonchev–Trinajstić information content (AvgIpc) is 3.09. The maximum Gasteiger partial charge on any atom is 0.354 e. The lowest BCUT2D eigenvalue weighted by Gasteiger charge is -2.30. The number of morpholine rings is 1. The van der Waals surface area contributed by atoms with E-state index in [-0.39, 0.29) is 0 Å². The number of carboxylic acid groups (broad SMARTS) is 1. The molecule has 5 heteroatoms. The minimum absolute atomic E-state index is 0.333. The number of aromatic carboxylic acids is 1. The Balaban J connectivity index is 1.86. The average molecular weight is 362 g/mol. The van der Waals surface area contributed by atoms with Crippen LogP contribution in [0.2, 0.25) is 0 Å². The number of carboxylic acids is 1. The van der Waals surface area contributed by atoms with Crippen molar-refractivity contribution in [2.45, 2.75) is 6.54 Å². The van der Waals surface area contributed by atoms with Crippen LogP contribution >= 0.6 is 0 Å². The van der Waals surface area contributed by atoms with Crippen molar-refractivity contribution in [3.05, 3.63) is 78.1 Å². The number of benzene rings is 2. The van der Waals surface area contributed by atoms with Crippen molar-refractivity contribution >= 4 is 11.7 Å². The van der Waals surface area contributed by atoms with E-state index in [4.69, 9.17) is 4.74 Å². The van der Waals surface area contributed by atoms with Gasteiger partial charge in [-0.05, 0) is 11.1 Å². The maximum absolute atomic E-state index is 12.2. The molecular weight excluding hydrogens is 340 g/mol. The molecule has 0 bridgehead atoms. The van der Waals surface area contributed by atoms with Crippen LogP contribution in [0.1, 0.15) is 16.1 Å². The maximum atomic E-state index is 12.2. The Morgan fingerprint density at radius 2 is 1.59 bits per heavy atom. The van der Waals surface area contributed by atoms with Crippen LogP contribution in [0.15, 0.2) is 66.9 Å². The summed E-state index contributed by atoms with van der Waals surface area (Å²) < 4.78 is 7.33. The molecule has 0 radical (unpaired) electrons. The lowest BCUT2D eigenvalue weighted by molar-refractivity contribution is 0.0685. The Morgan fingerprint density at radius 1 is 0.963 bits per heavy atom. The van der Waals surface area contributed by atoms with Crippen molar-refractivity contribution in [3.8, 4) is 11.1 Å². The number of hydrogen-bond acceptors (Lipinski definition) is 3. The first kappa shape index (κ1) is 17.4. The van der Waals surface area contributed by atoms with Crippen LogP contribution in [-0.2, 0) is 11.3 Å². The van der Waals surface area contributed by atoms with Crippen molar-refractivity contribution in [2.75, 3.05) is 31.2 Å². The van der Waals surface area contributed by atoms with Crippen LogP contribution in [0, 0.1) is 0 Å². The van der Waals surface area contributed by atoms with Gasteiger partial charge in [-0.15, -0.1) is 0 Å². The van der Waals surface area contributed by atoms with E-state index in [2.05, 4.69) is 4.90 Å². The van der Waals surface area contributed by atoms with Gasteiger partial charge in [-0.2, -0.15) is 0 Å². The molecule has 1 aliphatic heterocycles. The summed E-state index contributed by atoms with van der Waals surface area (Å²) in [5.74, 6) is -0.908. The molecule has 0 atom stereocenters. The second-order valence-corrected chi connectivity index (χ2v) is 6.62.